The predicted octanol–water partition coefficient (Wildman–Crippen LogP) is 3.09. The lowest BCUT2D eigenvalue weighted by Gasteiger charge is -2.13. The number of nitrogen functional groups attached to an aromatic ring is 1. The third kappa shape index (κ3) is 2.89. The molecule has 0 amide bonds. The number of aryl methyl sites for hydroxylation is 1. The Bertz CT molecular complexity index is 1170. The molecule has 0 radical (unpaired) electrons. The predicted molar refractivity (Wildman–Crippen MR) is 98.6 cm³/mol. The second-order valence-electron chi connectivity index (χ2n) is 6.13. The van der Waals surface area contributed by atoms with Crippen LogP contribution in [0.1, 0.15) is 11.4 Å². The highest BCUT2D eigenvalue weighted by atomic mass is 19.2. The summed E-state index contributed by atoms with van der Waals surface area (Å²) in [6.07, 6.45) is 3.62. The number of anilines is 1. The number of hydrogen-bond donors (Lipinski definition) is 2. The molecule has 0 saturated heterocycles. The summed E-state index contributed by atoms with van der Waals surface area (Å²) in [4.78, 5) is 13.2. The van der Waals surface area contributed by atoms with Crippen molar-refractivity contribution in [2.24, 2.45) is 5.73 Å². The van der Waals surface area contributed by atoms with Gasteiger partial charge in [-0.3, -0.25) is 0 Å². The quantitative estimate of drug-likeness (QED) is 0.581. The highest BCUT2D eigenvalue weighted by Crippen LogP contribution is 2.31. The van der Waals surface area contributed by atoms with E-state index in [-0.39, 0.29) is 12.4 Å². The number of benzene rings is 1. The smallest absolute Gasteiger partial charge is 0.159 e. The molecule has 0 aliphatic heterocycles. The van der Waals surface area contributed by atoms with Crippen molar-refractivity contribution in [1.82, 2.24) is 19.4 Å². The summed E-state index contributed by atoms with van der Waals surface area (Å²) in [5, 5.41) is 0. The van der Waals surface area contributed by atoms with Crippen molar-refractivity contribution in [3.63, 3.8) is 0 Å². The highest BCUT2D eigenvalue weighted by Gasteiger charge is 2.17. The van der Waals surface area contributed by atoms with E-state index < -0.39 is 11.6 Å². The molecule has 0 saturated carbocycles. The van der Waals surface area contributed by atoms with E-state index in [1.54, 1.807) is 6.20 Å². The first kappa shape index (κ1) is 17.0. The summed E-state index contributed by atoms with van der Waals surface area (Å²) in [7, 11) is 0. The van der Waals surface area contributed by atoms with Crippen LogP contribution >= 0.6 is 0 Å². The van der Waals surface area contributed by atoms with Gasteiger partial charge in [0.05, 0.1) is 17.1 Å². The van der Waals surface area contributed by atoms with Gasteiger partial charge in [0.15, 0.2) is 11.6 Å². The number of aromatic nitrogens is 4. The monoisotopic (exact) mass is 366 g/mol. The minimum atomic E-state index is -0.970. The zero-order valence-electron chi connectivity index (χ0n) is 14.4. The number of halogens is 2. The lowest BCUT2D eigenvalue weighted by molar-refractivity contribution is 0.509. The summed E-state index contributed by atoms with van der Waals surface area (Å²) < 4.78 is 29.0. The topological polar surface area (TPSA) is 95.1 Å². The molecule has 4 rings (SSSR count). The number of nitrogens with zero attached hydrogens (tertiary/aromatic N) is 4. The third-order valence-corrected chi connectivity index (χ3v) is 4.35. The zero-order valence-corrected chi connectivity index (χ0v) is 14.4. The van der Waals surface area contributed by atoms with Crippen LogP contribution in [0.15, 0.2) is 42.7 Å². The number of pyridine rings is 1. The SMILES string of the molecule is Cc1cnc2ccc(-c3nc(CN)c(N)nc3-c3ccc(F)c(F)c3)cn12. The van der Waals surface area contributed by atoms with Gasteiger partial charge in [-0.2, -0.15) is 0 Å². The van der Waals surface area contributed by atoms with Crippen LogP contribution in [0.5, 0.6) is 0 Å². The van der Waals surface area contributed by atoms with Crippen molar-refractivity contribution in [2.45, 2.75) is 13.5 Å². The minimum absolute atomic E-state index is 0.107. The highest BCUT2D eigenvalue weighted by molar-refractivity contribution is 5.79. The third-order valence-electron chi connectivity index (χ3n) is 4.35. The number of fused-ring (bicyclic) bond motifs is 1. The number of imidazole rings is 1. The molecule has 0 bridgehead atoms. The van der Waals surface area contributed by atoms with Gasteiger partial charge in [0.25, 0.3) is 0 Å². The molecule has 4 aromatic rings. The molecule has 1 aromatic carbocycles. The summed E-state index contributed by atoms with van der Waals surface area (Å²) >= 11 is 0. The van der Waals surface area contributed by atoms with Crippen LogP contribution in [-0.4, -0.2) is 19.4 Å². The molecule has 0 aliphatic rings. The summed E-state index contributed by atoms with van der Waals surface area (Å²) in [6, 6.07) is 7.25. The second kappa shape index (κ2) is 6.40. The fourth-order valence-corrected chi connectivity index (χ4v) is 2.92. The molecule has 6 nitrogen and oxygen atoms in total. The molecule has 0 atom stereocenters. The van der Waals surface area contributed by atoms with Gasteiger partial charge in [0.2, 0.25) is 0 Å². The Balaban J connectivity index is 1.99. The Labute approximate surface area is 153 Å². The Hall–Kier alpha value is -3.39. The standard InChI is InChI=1S/C19H16F2N6/c1-10-8-24-16-5-3-12(9-27(10)16)18-17(26-19(23)15(7-22)25-18)11-2-4-13(20)14(21)6-11/h2-6,8-9H,7,22H2,1H3,(H2,23,26). The second-order valence-corrected chi connectivity index (χ2v) is 6.13. The average molecular weight is 366 g/mol. The van der Waals surface area contributed by atoms with Gasteiger partial charge >= 0.3 is 0 Å². The minimum Gasteiger partial charge on any atom is -0.382 e. The van der Waals surface area contributed by atoms with Crippen LogP contribution in [0.2, 0.25) is 0 Å². The molecule has 8 heteroatoms. The van der Waals surface area contributed by atoms with Crippen molar-refractivity contribution >= 4 is 11.5 Å². The van der Waals surface area contributed by atoms with E-state index in [4.69, 9.17) is 11.5 Å². The Morgan fingerprint density at radius 3 is 2.48 bits per heavy atom. The van der Waals surface area contributed by atoms with Gasteiger partial charge < -0.3 is 15.9 Å². The first-order valence-corrected chi connectivity index (χ1v) is 8.24. The Kier molecular flexibility index (Phi) is 4.04. The van der Waals surface area contributed by atoms with Crippen LogP contribution in [-0.2, 0) is 6.54 Å². The van der Waals surface area contributed by atoms with Gasteiger partial charge in [0.1, 0.15) is 11.5 Å². The van der Waals surface area contributed by atoms with Crippen molar-refractivity contribution in [1.29, 1.82) is 0 Å². The van der Waals surface area contributed by atoms with Gasteiger partial charge in [-0.1, -0.05) is 0 Å². The Morgan fingerprint density at radius 2 is 1.74 bits per heavy atom. The molecule has 3 aromatic heterocycles. The summed E-state index contributed by atoms with van der Waals surface area (Å²) in [6.45, 7) is 2.04. The molecule has 27 heavy (non-hydrogen) atoms. The van der Waals surface area contributed by atoms with Crippen LogP contribution in [0.4, 0.5) is 14.6 Å². The molecule has 0 unspecified atom stereocenters. The normalized spacial score (nSPS) is 11.3. The van der Waals surface area contributed by atoms with Crippen LogP contribution in [0, 0.1) is 18.6 Å². The van der Waals surface area contributed by atoms with Crippen molar-refractivity contribution < 1.29 is 8.78 Å². The summed E-state index contributed by atoms with van der Waals surface area (Å²) in [5.74, 6) is -1.75. The van der Waals surface area contributed by atoms with Gasteiger partial charge in [-0.25, -0.2) is 23.7 Å². The van der Waals surface area contributed by atoms with Crippen molar-refractivity contribution in [2.75, 3.05) is 5.73 Å². The molecular weight excluding hydrogens is 350 g/mol. The average Bonchev–Trinajstić information content (AvgIpc) is 3.04. The molecule has 0 aliphatic carbocycles. The maximum absolute atomic E-state index is 13.8. The maximum Gasteiger partial charge on any atom is 0.159 e. The molecule has 3 heterocycles. The number of nitrogens with two attached hydrogens (primary N) is 2. The van der Waals surface area contributed by atoms with Gasteiger partial charge in [-0.05, 0) is 37.3 Å². The van der Waals surface area contributed by atoms with Gasteiger partial charge in [0, 0.05) is 35.8 Å². The van der Waals surface area contributed by atoms with Crippen molar-refractivity contribution in [3.8, 4) is 22.5 Å². The largest absolute Gasteiger partial charge is 0.382 e. The van der Waals surface area contributed by atoms with E-state index >= 15 is 0 Å². The molecular formula is C19H16F2N6. The fraction of sp³-hybridized carbons (Fsp3) is 0.105. The van der Waals surface area contributed by atoms with Crippen molar-refractivity contribution in [3.05, 3.63) is 65.7 Å². The van der Waals surface area contributed by atoms with E-state index in [0.29, 0.717) is 22.6 Å². The number of rotatable bonds is 3. The van der Waals surface area contributed by atoms with E-state index in [9.17, 15) is 8.78 Å². The van der Waals surface area contributed by atoms with Crippen LogP contribution < -0.4 is 11.5 Å². The number of hydrogen-bond acceptors (Lipinski definition) is 5. The molecule has 0 fully saturated rings. The lowest BCUT2D eigenvalue weighted by atomic mass is 10.0. The molecule has 0 spiro atoms. The maximum atomic E-state index is 13.8. The first-order chi connectivity index (χ1) is 13.0. The lowest BCUT2D eigenvalue weighted by Crippen LogP contribution is -2.09. The summed E-state index contributed by atoms with van der Waals surface area (Å²) in [5.41, 5.74) is 15.8. The van der Waals surface area contributed by atoms with E-state index in [2.05, 4.69) is 15.0 Å². The molecule has 4 N–H and O–H groups in total. The zero-order chi connectivity index (χ0) is 19.1. The first-order valence-electron chi connectivity index (χ1n) is 8.24. The Morgan fingerprint density at radius 1 is 1.00 bits per heavy atom. The molecule has 136 valence electrons. The van der Waals surface area contributed by atoms with E-state index in [1.807, 2.05) is 29.7 Å². The van der Waals surface area contributed by atoms with E-state index in [0.717, 1.165) is 29.0 Å². The fourth-order valence-electron chi connectivity index (χ4n) is 2.92. The van der Waals surface area contributed by atoms with Gasteiger partial charge in [-0.15, -0.1) is 0 Å². The van der Waals surface area contributed by atoms with Crippen LogP contribution in [0.3, 0.4) is 0 Å². The van der Waals surface area contributed by atoms with Crippen LogP contribution in [0.25, 0.3) is 28.2 Å². The van der Waals surface area contributed by atoms with E-state index in [1.165, 1.54) is 6.07 Å².